The van der Waals surface area contributed by atoms with Crippen LogP contribution in [0.1, 0.15) is 0 Å². The quantitative estimate of drug-likeness (QED) is 0.687. The molecule has 0 amide bonds. The van der Waals surface area contributed by atoms with Gasteiger partial charge in [0.1, 0.15) is 5.75 Å². The fraction of sp³-hybridized carbons (Fsp3) is 0.375. The summed E-state index contributed by atoms with van der Waals surface area (Å²) in [6.45, 7) is 6.34. The van der Waals surface area contributed by atoms with Crippen molar-refractivity contribution in [2.75, 3.05) is 0 Å². The number of rotatable bonds is 2. The fourth-order valence-corrected chi connectivity index (χ4v) is 1.84. The topological polar surface area (TPSA) is 22.1 Å². The van der Waals surface area contributed by atoms with Crippen molar-refractivity contribution in [2.24, 2.45) is 0 Å². The molecule has 66 valence electrons. The molecule has 0 bridgehead atoms. The first kappa shape index (κ1) is 9.54. The highest BCUT2D eigenvalue weighted by molar-refractivity contribution is 6.70. The molecule has 4 heteroatoms. The van der Waals surface area contributed by atoms with Crippen molar-refractivity contribution in [3.8, 4) is 5.75 Å². The monoisotopic (exact) mass is 201 g/mol. The summed E-state index contributed by atoms with van der Waals surface area (Å²) in [5.74, 6) is 0.742. The molecule has 1 aromatic heterocycles. The van der Waals surface area contributed by atoms with Crippen molar-refractivity contribution in [3.05, 3.63) is 23.5 Å². The molecule has 0 atom stereocenters. The van der Waals surface area contributed by atoms with E-state index >= 15 is 0 Å². The van der Waals surface area contributed by atoms with Crippen LogP contribution in [0.4, 0.5) is 0 Å². The van der Waals surface area contributed by atoms with Crippen LogP contribution >= 0.6 is 11.6 Å². The molecular weight excluding hydrogens is 190 g/mol. The highest BCUT2D eigenvalue weighted by atomic mass is 35.5. The molecule has 1 heterocycles. The smallest absolute Gasteiger partial charge is 0.242 e. The Hall–Kier alpha value is -0.543. The maximum Gasteiger partial charge on any atom is 0.242 e. The van der Waals surface area contributed by atoms with Crippen molar-refractivity contribution in [1.29, 1.82) is 0 Å². The average Bonchev–Trinajstić information content (AvgIpc) is 1.91. The first-order valence-corrected chi connectivity index (χ1v) is 7.56. The Morgan fingerprint density at radius 3 is 2.58 bits per heavy atom. The second-order valence-corrected chi connectivity index (χ2v) is 8.36. The minimum Gasteiger partial charge on any atom is -0.543 e. The lowest BCUT2D eigenvalue weighted by molar-refractivity contribution is 0.557. The van der Waals surface area contributed by atoms with Crippen LogP contribution in [0.2, 0.25) is 24.7 Å². The third-order valence-electron chi connectivity index (χ3n) is 1.15. The van der Waals surface area contributed by atoms with E-state index in [1.54, 1.807) is 18.5 Å². The van der Waals surface area contributed by atoms with Gasteiger partial charge in [-0.2, -0.15) is 0 Å². The molecule has 0 aliphatic heterocycles. The van der Waals surface area contributed by atoms with Crippen LogP contribution in [0.15, 0.2) is 18.5 Å². The zero-order valence-corrected chi connectivity index (χ0v) is 9.22. The van der Waals surface area contributed by atoms with Crippen LogP contribution in [-0.2, 0) is 0 Å². The maximum absolute atomic E-state index is 5.87. The predicted molar refractivity (Wildman–Crippen MR) is 53.2 cm³/mol. The number of halogens is 1. The van der Waals surface area contributed by atoms with Crippen LogP contribution in [0.25, 0.3) is 0 Å². The lowest BCUT2D eigenvalue weighted by Gasteiger charge is -2.19. The molecule has 0 aromatic carbocycles. The third-order valence-corrected chi connectivity index (χ3v) is 2.27. The SMILES string of the molecule is C[Si](C)(C)Oc1ccncc1Cl. The molecule has 0 unspecified atom stereocenters. The van der Waals surface area contributed by atoms with Gasteiger partial charge >= 0.3 is 0 Å². The number of nitrogens with zero attached hydrogens (tertiary/aromatic N) is 1. The van der Waals surface area contributed by atoms with Crippen LogP contribution in [0, 0.1) is 0 Å². The van der Waals surface area contributed by atoms with Crippen molar-refractivity contribution >= 4 is 19.9 Å². The summed E-state index contributed by atoms with van der Waals surface area (Å²) in [7, 11) is -1.54. The highest BCUT2D eigenvalue weighted by Gasteiger charge is 2.17. The van der Waals surface area contributed by atoms with Gasteiger partial charge in [-0.15, -0.1) is 0 Å². The molecule has 0 radical (unpaired) electrons. The Morgan fingerprint density at radius 1 is 1.42 bits per heavy atom. The number of hydrogen-bond acceptors (Lipinski definition) is 2. The Labute approximate surface area is 78.7 Å². The zero-order valence-electron chi connectivity index (χ0n) is 7.47. The summed E-state index contributed by atoms with van der Waals surface area (Å²) in [5, 5.41) is 0.583. The van der Waals surface area contributed by atoms with Crippen LogP contribution < -0.4 is 4.43 Å². The molecule has 0 N–H and O–H groups in total. The van der Waals surface area contributed by atoms with Crippen LogP contribution in [0.5, 0.6) is 5.75 Å². The molecule has 0 saturated heterocycles. The largest absolute Gasteiger partial charge is 0.543 e. The van der Waals surface area contributed by atoms with Crippen molar-refractivity contribution < 1.29 is 4.43 Å². The van der Waals surface area contributed by atoms with E-state index < -0.39 is 8.32 Å². The zero-order chi connectivity index (χ0) is 9.19. The second kappa shape index (κ2) is 3.45. The van der Waals surface area contributed by atoms with E-state index in [9.17, 15) is 0 Å². The molecule has 1 aromatic rings. The molecule has 1 rings (SSSR count). The molecule has 0 aliphatic carbocycles. The number of hydrogen-bond donors (Lipinski definition) is 0. The molecule has 2 nitrogen and oxygen atoms in total. The van der Waals surface area contributed by atoms with E-state index in [1.807, 2.05) is 0 Å². The number of pyridine rings is 1. The van der Waals surface area contributed by atoms with Gasteiger partial charge in [-0.3, -0.25) is 4.98 Å². The van der Waals surface area contributed by atoms with Gasteiger partial charge in [-0.05, 0) is 25.7 Å². The Bertz CT molecular complexity index is 272. The van der Waals surface area contributed by atoms with Gasteiger partial charge in [0.2, 0.25) is 8.32 Å². The van der Waals surface area contributed by atoms with Crippen LogP contribution in [0.3, 0.4) is 0 Å². The van der Waals surface area contributed by atoms with Crippen molar-refractivity contribution in [1.82, 2.24) is 4.98 Å². The minimum absolute atomic E-state index is 0.583. The summed E-state index contributed by atoms with van der Waals surface area (Å²) in [4.78, 5) is 3.88. The molecule has 0 saturated carbocycles. The standard InChI is InChI=1S/C8H12ClNOSi/c1-12(2,3)11-8-4-5-10-6-7(8)9/h4-6H,1-3H3. The minimum atomic E-state index is -1.54. The van der Waals surface area contributed by atoms with Crippen LogP contribution in [-0.4, -0.2) is 13.3 Å². The van der Waals surface area contributed by atoms with E-state index in [4.69, 9.17) is 16.0 Å². The van der Waals surface area contributed by atoms with Gasteiger partial charge in [0.05, 0.1) is 5.02 Å². The fourth-order valence-electron chi connectivity index (χ4n) is 0.775. The van der Waals surface area contributed by atoms with Crippen molar-refractivity contribution in [3.63, 3.8) is 0 Å². The molecule has 12 heavy (non-hydrogen) atoms. The van der Waals surface area contributed by atoms with Gasteiger partial charge < -0.3 is 4.43 Å². The average molecular weight is 202 g/mol. The molecular formula is C8H12ClNOSi. The lowest BCUT2D eigenvalue weighted by Crippen LogP contribution is -2.29. The van der Waals surface area contributed by atoms with Gasteiger partial charge in [0.25, 0.3) is 0 Å². The number of aromatic nitrogens is 1. The Kier molecular flexibility index (Phi) is 2.75. The molecule has 0 aliphatic rings. The predicted octanol–water partition coefficient (Wildman–Crippen LogP) is 2.95. The first-order valence-electron chi connectivity index (χ1n) is 3.77. The summed E-state index contributed by atoms with van der Waals surface area (Å²) >= 11 is 5.87. The molecule has 0 spiro atoms. The van der Waals surface area contributed by atoms with E-state index in [1.165, 1.54) is 0 Å². The van der Waals surface area contributed by atoms with Gasteiger partial charge in [0.15, 0.2) is 0 Å². The van der Waals surface area contributed by atoms with E-state index in [0.717, 1.165) is 5.75 Å². The van der Waals surface area contributed by atoms with Gasteiger partial charge in [-0.1, -0.05) is 11.6 Å². The highest BCUT2D eigenvalue weighted by Crippen LogP contribution is 2.24. The van der Waals surface area contributed by atoms with Gasteiger partial charge in [0, 0.05) is 12.4 Å². The summed E-state index contributed by atoms with van der Waals surface area (Å²) in [6.07, 6.45) is 3.28. The second-order valence-electron chi connectivity index (χ2n) is 3.52. The Balaban J connectivity index is 2.83. The lowest BCUT2D eigenvalue weighted by atomic mass is 10.5. The normalized spacial score (nSPS) is 11.3. The third kappa shape index (κ3) is 2.83. The molecule has 0 fully saturated rings. The van der Waals surface area contributed by atoms with E-state index in [-0.39, 0.29) is 0 Å². The summed E-state index contributed by atoms with van der Waals surface area (Å²) in [5.41, 5.74) is 0. The van der Waals surface area contributed by atoms with E-state index in [0.29, 0.717) is 5.02 Å². The van der Waals surface area contributed by atoms with E-state index in [2.05, 4.69) is 24.6 Å². The Morgan fingerprint density at radius 2 is 2.08 bits per heavy atom. The first-order chi connectivity index (χ1) is 5.49. The van der Waals surface area contributed by atoms with Gasteiger partial charge in [-0.25, -0.2) is 0 Å². The maximum atomic E-state index is 5.87. The van der Waals surface area contributed by atoms with Crippen molar-refractivity contribution in [2.45, 2.75) is 19.6 Å². The summed E-state index contributed by atoms with van der Waals surface area (Å²) < 4.78 is 5.70. The summed E-state index contributed by atoms with van der Waals surface area (Å²) in [6, 6.07) is 1.79.